The van der Waals surface area contributed by atoms with Gasteiger partial charge in [0.25, 0.3) is 5.56 Å². The normalized spacial score (nSPS) is 12.5. The Balaban J connectivity index is 1.75. The summed E-state index contributed by atoms with van der Waals surface area (Å²) in [5.41, 5.74) is 8.39. The Hall–Kier alpha value is -4.26. The number of nitriles is 1. The molecule has 0 unspecified atom stereocenters. The average molecular weight is 570 g/mol. The summed E-state index contributed by atoms with van der Waals surface area (Å²) in [6.07, 6.45) is 1.72. The maximum absolute atomic E-state index is 14.1. The second-order valence-electron chi connectivity index (χ2n) is 8.32. The van der Waals surface area contributed by atoms with Gasteiger partial charge in [0, 0.05) is 16.6 Å². The van der Waals surface area contributed by atoms with Crippen LogP contribution in [0.15, 0.2) is 100 Å². The lowest BCUT2D eigenvalue weighted by Crippen LogP contribution is -2.31. The van der Waals surface area contributed by atoms with Gasteiger partial charge in [-0.3, -0.25) is 14.7 Å². The number of amides is 1. The van der Waals surface area contributed by atoms with Gasteiger partial charge in [0.15, 0.2) is 0 Å². The molecule has 3 aromatic carbocycles. The monoisotopic (exact) mass is 569 g/mol. The molecular weight excluding hydrogens is 550 g/mol. The fourth-order valence-electron chi connectivity index (χ4n) is 4.30. The topological polar surface area (TPSA) is 118 Å². The number of primary amides is 1. The number of carbonyl (C=O) groups is 1. The van der Waals surface area contributed by atoms with Crippen molar-refractivity contribution < 1.29 is 4.79 Å². The Morgan fingerprint density at radius 1 is 1.00 bits per heavy atom. The van der Waals surface area contributed by atoms with Crippen molar-refractivity contribution in [3.05, 3.63) is 117 Å². The first kappa shape index (κ1) is 24.4. The van der Waals surface area contributed by atoms with Gasteiger partial charge in [-0.2, -0.15) is 9.94 Å². The highest BCUT2D eigenvalue weighted by molar-refractivity contribution is 9.10. The van der Waals surface area contributed by atoms with Gasteiger partial charge in [-0.1, -0.05) is 100 Å². The van der Waals surface area contributed by atoms with Crippen LogP contribution in [0, 0.1) is 17.2 Å². The quantitative estimate of drug-likeness (QED) is 0.270. The zero-order valence-electron chi connectivity index (χ0n) is 19.3. The molecule has 0 radical (unpaired) electrons. The Morgan fingerprint density at radius 2 is 1.62 bits per heavy atom. The van der Waals surface area contributed by atoms with Crippen molar-refractivity contribution >= 4 is 33.2 Å². The number of hydrogen-bond acceptors (Lipinski definition) is 5. The van der Waals surface area contributed by atoms with Crippen LogP contribution in [-0.4, -0.2) is 20.7 Å². The van der Waals surface area contributed by atoms with Crippen molar-refractivity contribution in [2.75, 3.05) is 0 Å². The Kier molecular flexibility index (Phi) is 6.86. The minimum atomic E-state index is -1.27. The molecule has 0 bridgehead atoms. The zero-order valence-corrected chi connectivity index (χ0v) is 21.7. The molecule has 182 valence electrons. The third kappa shape index (κ3) is 4.77. The molecule has 2 heterocycles. The standard InChI is InChI=1S/C28H20BrN5O2S/c29-20-13-11-18(12-14-20)23(21(15-30)26(31)35)24-25(19-9-5-2-6-10-19)33-34(27(24)36)28-32-16-22(37-28)17-7-3-1-4-8-17/h1-14,16,21,23,33H,(H2,31,35)/t21-,23+/m1/s1. The van der Waals surface area contributed by atoms with Gasteiger partial charge in [0.05, 0.1) is 22.2 Å². The van der Waals surface area contributed by atoms with Gasteiger partial charge < -0.3 is 5.73 Å². The number of aromatic nitrogens is 3. The van der Waals surface area contributed by atoms with Crippen LogP contribution in [0.5, 0.6) is 0 Å². The Bertz CT molecular complexity index is 1650. The van der Waals surface area contributed by atoms with E-state index in [1.165, 1.54) is 16.0 Å². The van der Waals surface area contributed by atoms with Crippen molar-refractivity contribution in [3.8, 4) is 32.9 Å². The molecule has 7 nitrogen and oxygen atoms in total. The van der Waals surface area contributed by atoms with E-state index in [1.54, 1.807) is 30.5 Å². The molecule has 9 heteroatoms. The molecule has 0 aliphatic carbocycles. The lowest BCUT2D eigenvalue weighted by Gasteiger charge is -2.20. The zero-order chi connectivity index (χ0) is 25.9. The number of rotatable bonds is 7. The second-order valence-corrected chi connectivity index (χ2v) is 10.2. The van der Waals surface area contributed by atoms with Crippen LogP contribution >= 0.6 is 27.3 Å². The Morgan fingerprint density at radius 3 is 2.22 bits per heavy atom. The third-order valence-electron chi connectivity index (χ3n) is 6.05. The molecule has 3 N–H and O–H groups in total. The van der Waals surface area contributed by atoms with Gasteiger partial charge in [-0.25, -0.2) is 4.98 Å². The van der Waals surface area contributed by atoms with Crippen LogP contribution in [0.3, 0.4) is 0 Å². The van der Waals surface area contributed by atoms with E-state index in [9.17, 15) is 14.9 Å². The number of benzene rings is 3. The number of nitrogens with one attached hydrogen (secondary N) is 1. The molecule has 0 spiro atoms. The molecular formula is C28H20BrN5O2S. The van der Waals surface area contributed by atoms with Gasteiger partial charge >= 0.3 is 0 Å². The number of halogens is 1. The molecule has 0 aliphatic heterocycles. The molecule has 0 saturated heterocycles. The SMILES string of the molecule is N#C[C@@H](C(N)=O)[C@H](c1ccc(Br)cc1)c1c(-c2ccccc2)[nH]n(-c2ncc(-c3ccccc3)s2)c1=O. The van der Waals surface area contributed by atoms with Crippen LogP contribution in [0.25, 0.3) is 26.8 Å². The van der Waals surface area contributed by atoms with E-state index in [4.69, 9.17) is 5.73 Å². The highest BCUT2D eigenvalue weighted by Crippen LogP contribution is 2.37. The molecule has 0 fully saturated rings. The highest BCUT2D eigenvalue weighted by Gasteiger charge is 2.36. The fourth-order valence-corrected chi connectivity index (χ4v) is 5.45. The van der Waals surface area contributed by atoms with E-state index >= 15 is 0 Å². The third-order valence-corrected chi connectivity index (χ3v) is 7.61. The summed E-state index contributed by atoms with van der Waals surface area (Å²) in [6, 6.07) is 28.3. The van der Waals surface area contributed by atoms with Gasteiger partial charge in [-0.15, -0.1) is 0 Å². The maximum atomic E-state index is 14.1. The maximum Gasteiger partial charge on any atom is 0.277 e. The lowest BCUT2D eigenvalue weighted by atomic mass is 9.80. The van der Waals surface area contributed by atoms with Crippen molar-refractivity contribution in [2.45, 2.75) is 5.92 Å². The number of carbonyl (C=O) groups excluding carboxylic acids is 1. The largest absolute Gasteiger partial charge is 0.369 e. The van der Waals surface area contributed by atoms with E-state index < -0.39 is 23.3 Å². The number of nitrogens with two attached hydrogens (primary N) is 1. The van der Waals surface area contributed by atoms with E-state index in [-0.39, 0.29) is 5.56 Å². The van der Waals surface area contributed by atoms with Crippen molar-refractivity contribution in [1.82, 2.24) is 14.8 Å². The number of hydrogen-bond donors (Lipinski definition) is 2. The van der Waals surface area contributed by atoms with Crippen LogP contribution in [0.1, 0.15) is 17.0 Å². The van der Waals surface area contributed by atoms with E-state index in [0.717, 1.165) is 20.5 Å². The molecule has 5 rings (SSSR count). The number of nitrogens with zero attached hydrogens (tertiary/aromatic N) is 3. The summed E-state index contributed by atoms with van der Waals surface area (Å²) in [5.74, 6) is -2.97. The summed E-state index contributed by atoms with van der Waals surface area (Å²) >= 11 is 4.78. The lowest BCUT2D eigenvalue weighted by molar-refractivity contribution is -0.120. The first-order valence-corrected chi connectivity index (χ1v) is 12.9. The van der Waals surface area contributed by atoms with Crippen LogP contribution in [0.2, 0.25) is 0 Å². The van der Waals surface area contributed by atoms with Crippen molar-refractivity contribution in [3.63, 3.8) is 0 Å². The van der Waals surface area contributed by atoms with Gasteiger partial charge in [0.1, 0.15) is 5.92 Å². The molecule has 37 heavy (non-hydrogen) atoms. The molecule has 1 amide bonds. The van der Waals surface area contributed by atoms with Crippen molar-refractivity contribution in [2.24, 2.45) is 11.7 Å². The van der Waals surface area contributed by atoms with E-state index in [1.807, 2.05) is 66.7 Å². The molecule has 2 atom stereocenters. The van der Waals surface area contributed by atoms with Crippen LogP contribution < -0.4 is 11.3 Å². The highest BCUT2D eigenvalue weighted by atomic mass is 79.9. The van der Waals surface area contributed by atoms with E-state index in [2.05, 4.69) is 26.0 Å². The summed E-state index contributed by atoms with van der Waals surface area (Å²) in [6.45, 7) is 0. The second kappa shape index (κ2) is 10.4. The Labute approximate surface area is 225 Å². The summed E-state index contributed by atoms with van der Waals surface area (Å²) in [7, 11) is 0. The first-order chi connectivity index (χ1) is 18.0. The first-order valence-electron chi connectivity index (χ1n) is 11.3. The molecule has 0 aliphatic rings. The van der Waals surface area contributed by atoms with Crippen molar-refractivity contribution in [1.29, 1.82) is 5.26 Å². The average Bonchev–Trinajstić information content (AvgIpc) is 3.54. The van der Waals surface area contributed by atoms with Crippen LogP contribution in [-0.2, 0) is 4.79 Å². The summed E-state index contributed by atoms with van der Waals surface area (Å²) in [5, 5.41) is 13.6. The summed E-state index contributed by atoms with van der Waals surface area (Å²) < 4.78 is 2.20. The minimum Gasteiger partial charge on any atom is -0.369 e. The number of H-pyrrole nitrogens is 1. The number of thiazole rings is 1. The smallest absolute Gasteiger partial charge is 0.277 e. The summed E-state index contributed by atoms with van der Waals surface area (Å²) in [4.78, 5) is 31.9. The van der Waals surface area contributed by atoms with Gasteiger partial charge in [-0.05, 0) is 28.8 Å². The minimum absolute atomic E-state index is 0.273. The van der Waals surface area contributed by atoms with Gasteiger partial charge in [0.2, 0.25) is 11.0 Å². The predicted molar refractivity (Wildman–Crippen MR) is 147 cm³/mol. The molecule has 2 aromatic heterocycles. The van der Waals surface area contributed by atoms with E-state index in [0.29, 0.717) is 16.4 Å². The predicted octanol–water partition coefficient (Wildman–Crippen LogP) is 5.48. The molecule has 5 aromatic rings. The molecule has 0 saturated carbocycles. The van der Waals surface area contributed by atoms with Crippen LogP contribution in [0.4, 0.5) is 0 Å². The number of aromatic amines is 1. The fraction of sp³-hybridized carbons (Fsp3) is 0.0714.